The number of ether oxygens (including phenoxy) is 1. The fraction of sp³-hybridized carbons (Fsp3) is 0.462. The van der Waals surface area contributed by atoms with E-state index in [1.54, 1.807) is 11.0 Å². The number of benzene rings is 1. The van der Waals surface area contributed by atoms with Crippen molar-refractivity contribution in [2.75, 3.05) is 19.7 Å². The molecule has 0 saturated carbocycles. The molecule has 0 aromatic heterocycles. The summed E-state index contributed by atoms with van der Waals surface area (Å²) in [4.78, 5) is 13.9. The molecule has 19 heavy (non-hydrogen) atoms. The van der Waals surface area contributed by atoms with E-state index in [0.29, 0.717) is 29.7 Å². The molecule has 6 heteroatoms. The highest BCUT2D eigenvalue weighted by Gasteiger charge is 2.27. The van der Waals surface area contributed by atoms with E-state index in [4.69, 9.17) is 10.5 Å². The Bertz CT molecular complexity index is 482. The Morgan fingerprint density at radius 2 is 2.37 bits per heavy atom. The van der Waals surface area contributed by atoms with Crippen molar-refractivity contribution in [1.82, 2.24) is 4.90 Å². The molecule has 1 aliphatic heterocycles. The van der Waals surface area contributed by atoms with Crippen LogP contribution in [-0.2, 0) is 4.74 Å². The third-order valence-corrected chi connectivity index (χ3v) is 3.78. The van der Waals surface area contributed by atoms with Crippen LogP contribution in [0.25, 0.3) is 0 Å². The second-order valence-electron chi connectivity index (χ2n) is 4.65. The van der Waals surface area contributed by atoms with Gasteiger partial charge in [0.2, 0.25) is 0 Å². The third-order valence-electron chi connectivity index (χ3n) is 3.13. The van der Waals surface area contributed by atoms with E-state index in [0.717, 1.165) is 0 Å². The summed E-state index contributed by atoms with van der Waals surface area (Å²) in [7, 11) is 0. The highest BCUT2D eigenvalue weighted by Crippen LogP contribution is 2.18. The molecule has 2 atom stereocenters. The number of hydrogen-bond acceptors (Lipinski definition) is 3. The van der Waals surface area contributed by atoms with Crippen molar-refractivity contribution in [1.29, 1.82) is 0 Å². The van der Waals surface area contributed by atoms with Gasteiger partial charge in [0.1, 0.15) is 5.82 Å². The summed E-state index contributed by atoms with van der Waals surface area (Å²) in [6.45, 7) is 3.24. The van der Waals surface area contributed by atoms with Gasteiger partial charge < -0.3 is 15.4 Å². The van der Waals surface area contributed by atoms with Gasteiger partial charge in [-0.25, -0.2) is 4.39 Å². The molecule has 2 N–H and O–H groups in total. The molecule has 1 fully saturated rings. The van der Waals surface area contributed by atoms with Gasteiger partial charge in [-0.1, -0.05) is 0 Å². The van der Waals surface area contributed by atoms with Crippen LogP contribution in [0.2, 0.25) is 0 Å². The molecule has 0 bridgehead atoms. The number of carbonyl (C=O) groups excluding carboxylic acids is 1. The van der Waals surface area contributed by atoms with Gasteiger partial charge in [0.15, 0.2) is 0 Å². The number of carbonyl (C=O) groups is 1. The minimum absolute atomic E-state index is 0.141. The van der Waals surface area contributed by atoms with Gasteiger partial charge in [0.25, 0.3) is 5.91 Å². The summed E-state index contributed by atoms with van der Waals surface area (Å²) < 4.78 is 19.3. The van der Waals surface area contributed by atoms with Crippen molar-refractivity contribution in [3.05, 3.63) is 34.1 Å². The first-order valence-corrected chi connectivity index (χ1v) is 6.90. The molecule has 2 unspecified atom stereocenters. The van der Waals surface area contributed by atoms with E-state index < -0.39 is 5.82 Å². The number of halogens is 2. The van der Waals surface area contributed by atoms with Gasteiger partial charge in [0.05, 0.1) is 17.2 Å². The smallest absolute Gasteiger partial charge is 0.254 e. The quantitative estimate of drug-likeness (QED) is 0.899. The monoisotopic (exact) mass is 330 g/mol. The Hall–Kier alpha value is -0.980. The van der Waals surface area contributed by atoms with Crippen LogP contribution in [0.5, 0.6) is 0 Å². The number of hydrogen-bond donors (Lipinski definition) is 1. The number of morpholine rings is 1. The summed E-state index contributed by atoms with van der Waals surface area (Å²) in [6.07, 6.45) is -0.169. The lowest BCUT2D eigenvalue weighted by Gasteiger charge is -2.34. The average Bonchev–Trinajstić information content (AvgIpc) is 2.41. The maximum absolute atomic E-state index is 13.4. The summed E-state index contributed by atoms with van der Waals surface area (Å²) in [5, 5.41) is 0. The first-order valence-electron chi connectivity index (χ1n) is 6.10. The first kappa shape index (κ1) is 14.4. The lowest BCUT2D eigenvalue weighted by molar-refractivity contribution is -0.0300. The molecule has 104 valence electrons. The van der Waals surface area contributed by atoms with Crippen LogP contribution < -0.4 is 5.73 Å². The van der Waals surface area contributed by atoms with E-state index in [2.05, 4.69) is 15.9 Å². The molecule has 0 spiro atoms. The summed E-state index contributed by atoms with van der Waals surface area (Å²) in [6, 6.07) is 4.23. The number of rotatable bonds is 2. The molecule has 1 aliphatic rings. The molecule has 1 amide bonds. The third kappa shape index (κ3) is 3.32. The Morgan fingerprint density at radius 3 is 3.00 bits per heavy atom. The standard InChI is InChI=1S/C13H16BrFN2O2/c1-8(16)12-7-17(4-5-19-12)13(18)9-2-3-10(14)11(15)6-9/h2-3,6,8,12H,4-5,7,16H2,1H3. The topological polar surface area (TPSA) is 55.6 Å². The largest absolute Gasteiger partial charge is 0.373 e. The van der Waals surface area contributed by atoms with Crippen molar-refractivity contribution in [3.8, 4) is 0 Å². The lowest BCUT2D eigenvalue weighted by Crippen LogP contribution is -2.51. The van der Waals surface area contributed by atoms with Crippen LogP contribution in [0.1, 0.15) is 17.3 Å². The van der Waals surface area contributed by atoms with E-state index in [1.807, 2.05) is 6.92 Å². The van der Waals surface area contributed by atoms with Crippen molar-refractivity contribution < 1.29 is 13.9 Å². The molecular formula is C13H16BrFN2O2. The summed E-state index contributed by atoms with van der Waals surface area (Å²) >= 11 is 3.07. The van der Waals surface area contributed by atoms with E-state index in [1.165, 1.54) is 12.1 Å². The average molecular weight is 331 g/mol. The first-order chi connectivity index (χ1) is 8.99. The zero-order valence-corrected chi connectivity index (χ0v) is 12.2. The van der Waals surface area contributed by atoms with Gasteiger partial charge in [-0.2, -0.15) is 0 Å². The van der Waals surface area contributed by atoms with Crippen molar-refractivity contribution in [2.45, 2.75) is 19.1 Å². The summed E-state index contributed by atoms with van der Waals surface area (Å²) in [5.41, 5.74) is 6.12. The zero-order valence-electron chi connectivity index (χ0n) is 10.6. The van der Waals surface area contributed by atoms with Crippen LogP contribution >= 0.6 is 15.9 Å². The number of amides is 1. The highest BCUT2D eigenvalue weighted by molar-refractivity contribution is 9.10. The Balaban J connectivity index is 2.12. The predicted molar refractivity (Wildman–Crippen MR) is 73.4 cm³/mol. The van der Waals surface area contributed by atoms with E-state index in [9.17, 15) is 9.18 Å². The van der Waals surface area contributed by atoms with Crippen molar-refractivity contribution in [3.63, 3.8) is 0 Å². The molecule has 0 aliphatic carbocycles. The van der Waals surface area contributed by atoms with Crippen molar-refractivity contribution in [2.24, 2.45) is 5.73 Å². The molecule has 0 radical (unpaired) electrons. The van der Waals surface area contributed by atoms with Gasteiger partial charge in [0, 0.05) is 24.7 Å². The fourth-order valence-electron chi connectivity index (χ4n) is 1.99. The van der Waals surface area contributed by atoms with E-state index in [-0.39, 0.29) is 18.1 Å². The van der Waals surface area contributed by atoms with Crippen LogP contribution in [0.15, 0.2) is 22.7 Å². The van der Waals surface area contributed by atoms with Crippen LogP contribution in [0, 0.1) is 5.82 Å². The second-order valence-corrected chi connectivity index (χ2v) is 5.50. The Kier molecular flexibility index (Phi) is 4.54. The molecule has 1 heterocycles. The summed E-state index contributed by atoms with van der Waals surface area (Å²) in [5.74, 6) is -0.636. The van der Waals surface area contributed by atoms with Gasteiger partial charge in [-0.3, -0.25) is 4.79 Å². The maximum atomic E-state index is 13.4. The van der Waals surface area contributed by atoms with Gasteiger partial charge in [-0.15, -0.1) is 0 Å². The Morgan fingerprint density at radius 1 is 1.63 bits per heavy atom. The maximum Gasteiger partial charge on any atom is 0.254 e. The predicted octanol–water partition coefficient (Wildman–Crippen LogP) is 1.78. The van der Waals surface area contributed by atoms with Crippen LogP contribution in [0.4, 0.5) is 4.39 Å². The minimum Gasteiger partial charge on any atom is -0.373 e. The molecule has 1 aromatic rings. The zero-order chi connectivity index (χ0) is 14.0. The fourth-order valence-corrected chi connectivity index (χ4v) is 2.24. The van der Waals surface area contributed by atoms with Gasteiger partial charge in [-0.05, 0) is 41.1 Å². The molecule has 1 aromatic carbocycles. The molecule has 1 saturated heterocycles. The number of nitrogens with two attached hydrogens (primary N) is 1. The normalized spacial score (nSPS) is 21.3. The Labute approximate surface area is 119 Å². The SMILES string of the molecule is CC(N)C1CN(C(=O)c2ccc(Br)c(F)c2)CCO1. The van der Waals surface area contributed by atoms with E-state index >= 15 is 0 Å². The lowest BCUT2D eigenvalue weighted by atomic mass is 10.1. The number of nitrogens with zero attached hydrogens (tertiary/aromatic N) is 1. The molecular weight excluding hydrogens is 315 g/mol. The minimum atomic E-state index is -0.442. The van der Waals surface area contributed by atoms with Gasteiger partial charge >= 0.3 is 0 Å². The second kappa shape index (κ2) is 5.98. The molecule has 4 nitrogen and oxygen atoms in total. The van der Waals surface area contributed by atoms with Crippen molar-refractivity contribution >= 4 is 21.8 Å². The van der Waals surface area contributed by atoms with Crippen LogP contribution in [-0.4, -0.2) is 42.6 Å². The highest BCUT2D eigenvalue weighted by atomic mass is 79.9. The molecule has 2 rings (SSSR count). The van der Waals surface area contributed by atoms with Crippen LogP contribution in [0.3, 0.4) is 0 Å².